The van der Waals surface area contributed by atoms with Crippen LogP contribution in [0.25, 0.3) is 20.5 Å². The van der Waals surface area contributed by atoms with E-state index in [4.69, 9.17) is 4.84 Å². The summed E-state index contributed by atoms with van der Waals surface area (Å²) in [7, 11) is -1.93. The van der Waals surface area contributed by atoms with Crippen LogP contribution in [0.15, 0.2) is 35.9 Å². The first kappa shape index (κ1) is 18.0. The number of sulfonamides is 1. The van der Waals surface area contributed by atoms with Gasteiger partial charge in [-0.1, -0.05) is 16.5 Å². The largest absolute Gasteiger partial charge is 0.399 e. The third-order valence-corrected chi connectivity index (χ3v) is 7.46. The molecule has 0 saturated carbocycles. The molecular weight excluding hydrogens is 406 g/mol. The number of rotatable bonds is 4. The lowest BCUT2D eigenvalue weighted by Crippen LogP contribution is -2.36. The molecule has 0 aromatic carbocycles. The van der Waals surface area contributed by atoms with Crippen LogP contribution >= 0.6 is 22.7 Å². The highest BCUT2D eigenvalue weighted by molar-refractivity contribution is 7.92. The molecule has 4 rings (SSSR count). The van der Waals surface area contributed by atoms with Gasteiger partial charge in [0.25, 0.3) is 0 Å². The Hall–Kier alpha value is -2.37. The van der Waals surface area contributed by atoms with Gasteiger partial charge < -0.3 is 4.84 Å². The highest BCUT2D eigenvalue weighted by Gasteiger charge is 2.32. The van der Waals surface area contributed by atoms with Crippen LogP contribution in [0, 0.1) is 0 Å². The second-order valence-corrected chi connectivity index (χ2v) is 9.66. The van der Waals surface area contributed by atoms with E-state index < -0.39 is 10.0 Å². The number of hydrogen-bond acceptors (Lipinski definition) is 9. The average molecular weight is 422 g/mol. The van der Waals surface area contributed by atoms with Crippen molar-refractivity contribution in [2.24, 2.45) is 5.16 Å². The Morgan fingerprint density at radius 3 is 2.81 bits per heavy atom. The van der Waals surface area contributed by atoms with E-state index in [9.17, 15) is 8.42 Å². The van der Waals surface area contributed by atoms with Crippen molar-refractivity contribution in [2.45, 2.75) is 6.42 Å². The van der Waals surface area contributed by atoms with Gasteiger partial charge in [-0.25, -0.2) is 18.4 Å². The molecule has 0 fully saturated rings. The molecule has 27 heavy (non-hydrogen) atoms. The zero-order valence-corrected chi connectivity index (χ0v) is 16.9. The molecule has 3 aromatic heterocycles. The van der Waals surface area contributed by atoms with E-state index in [0.29, 0.717) is 34.4 Å². The third kappa shape index (κ3) is 3.45. The monoisotopic (exact) mass is 421 g/mol. The predicted octanol–water partition coefficient (Wildman–Crippen LogP) is 2.85. The fraction of sp³-hybridized carbons (Fsp3) is 0.250. The van der Waals surface area contributed by atoms with Crippen molar-refractivity contribution in [1.82, 2.24) is 15.0 Å². The Kier molecular flexibility index (Phi) is 4.66. The van der Waals surface area contributed by atoms with Crippen molar-refractivity contribution >= 4 is 43.4 Å². The van der Waals surface area contributed by atoms with E-state index in [1.165, 1.54) is 40.3 Å². The smallest absolute Gasteiger partial charge is 0.232 e. The summed E-state index contributed by atoms with van der Waals surface area (Å²) in [5.41, 5.74) is 2.12. The second kappa shape index (κ2) is 6.98. The fourth-order valence-corrected chi connectivity index (χ4v) is 6.01. The maximum atomic E-state index is 12.2. The van der Waals surface area contributed by atoms with Crippen LogP contribution in [0.3, 0.4) is 0 Å². The fourth-order valence-electron chi connectivity index (χ4n) is 2.71. The summed E-state index contributed by atoms with van der Waals surface area (Å²) >= 11 is 2.80. The zero-order chi connectivity index (χ0) is 19.0. The van der Waals surface area contributed by atoms with Gasteiger partial charge in [0, 0.05) is 37.1 Å². The molecule has 0 saturated heterocycles. The summed E-state index contributed by atoms with van der Waals surface area (Å²) < 4.78 is 25.7. The van der Waals surface area contributed by atoms with Gasteiger partial charge >= 0.3 is 0 Å². The van der Waals surface area contributed by atoms with Crippen molar-refractivity contribution < 1.29 is 13.3 Å². The first-order valence-corrected chi connectivity index (χ1v) is 11.4. The number of aromatic nitrogens is 3. The van der Waals surface area contributed by atoms with Crippen LogP contribution in [0.1, 0.15) is 12.1 Å². The van der Waals surface area contributed by atoms with Gasteiger partial charge in [-0.2, -0.15) is 0 Å². The van der Waals surface area contributed by atoms with Gasteiger partial charge in [-0.15, -0.1) is 11.3 Å². The van der Waals surface area contributed by atoms with Gasteiger partial charge in [-0.05, 0) is 12.1 Å². The molecule has 4 heterocycles. The first-order valence-electron chi connectivity index (χ1n) is 7.93. The van der Waals surface area contributed by atoms with E-state index in [-0.39, 0.29) is 0 Å². The van der Waals surface area contributed by atoms with Crippen LogP contribution in [-0.2, 0) is 14.9 Å². The van der Waals surface area contributed by atoms with Crippen molar-refractivity contribution in [1.29, 1.82) is 0 Å². The highest BCUT2D eigenvalue weighted by Crippen LogP contribution is 2.41. The highest BCUT2D eigenvalue weighted by atomic mass is 32.2. The molecule has 0 atom stereocenters. The quantitative estimate of drug-likeness (QED) is 0.601. The Morgan fingerprint density at radius 1 is 1.26 bits per heavy atom. The summed E-state index contributed by atoms with van der Waals surface area (Å²) in [4.78, 5) is 19.0. The van der Waals surface area contributed by atoms with Crippen LogP contribution in [0.5, 0.6) is 0 Å². The number of thiazole rings is 2. The molecule has 1 aliphatic heterocycles. The Bertz CT molecular complexity index is 1110. The van der Waals surface area contributed by atoms with Crippen LogP contribution in [-0.4, -0.2) is 49.0 Å². The second-order valence-electron chi connectivity index (χ2n) is 5.75. The van der Waals surface area contributed by atoms with Gasteiger partial charge in [-0.3, -0.25) is 9.29 Å². The van der Waals surface area contributed by atoms with Crippen LogP contribution in [0.2, 0.25) is 0 Å². The van der Waals surface area contributed by atoms with Crippen molar-refractivity contribution in [3.63, 3.8) is 0 Å². The molecule has 11 heteroatoms. The van der Waals surface area contributed by atoms with E-state index in [1.807, 2.05) is 12.1 Å². The molecular formula is C16H15N5O3S3. The first-order chi connectivity index (χ1) is 13.0. The van der Waals surface area contributed by atoms with Gasteiger partial charge in [0.15, 0.2) is 0 Å². The predicted molar refractivity (Wildman–Crippen MR) is 107 cm³/mol. The van der Waals surface area contributed by atoms with Gasteiger partial charge in [0.2, 0.25) is 10.0 Å². The number of pyridine rings is 1. The molecule has 0 aliphatic carbocycles. The molecule has 140 valence electrons. The number of hydrogen-bond donors (Lipinski definition) is 0. The topological polar surface area (TPSA) is 97.6 Å². The molecule has 8 nitrogen and oxygen atoms in total. The molecule has 0 bridgehead atoms. The summed E-state index contributed by atoms with van der Waals surface area (Å²) in [6, 6.07) is 3.80. The standard InChI is InChI=1S/C16H15N5O3S3/c1-24-20-11-5-7-21(27(2,22)23)16-13(11)19-15(26-16)12-9-18-14(25-12)10-4-3-6-17-8-10/h3-4,6,8-9H,5,7H2,1-2H3/b20-11+. The minimum Gasteiger partial charge on any atom is -0.399 e. The number of fused-ring (bicyclic) bond motifs is 1. The summed E-state index contributed by atoms with van der Waals surface area (Å²) in [5, 5.41) is 6.11. The van der Waals surface area contributed by atoms with Crippen LogP contribution in [0.4, 0.5) is 5.00 Å². The SMILES string of the molecule is CO/N=C1\CCN(S(C)(=O)=O)c2sc(-c3cnc(-c4cccnc4)s3)nc21. The third-order valence-electron chi connectivity index (χ3n) is 3.89. The number of anilines is 1. The van der Waals surface area contributed by atoms with Gasteiger partial charge in [0.05, 0.1) is 11.1 Å². The zero-order valence-electron chi connectivity index (χ0n) is 14.5. The van der Waals surface area contributed by atoms with Crippen molar-refractivity contribution in [3.8, 4) is 20.5 Å². The Labute approximate surface area is 164 Å². The van der Waals surface area contributed by atoms with E-state index in [2.05, 4.69) is 20.1 Å². The minimum absolute atomic E-state index is 0.319. The maximum Gasteiger partial charge on any atom is 0.232 e. The number of nitrogens with zero attached hydrogens (tertiary/aromatic N) is 5. The molecule has 0 spiro atoms. The lowest BCUT2D eigenvalue weighted by Gasteiger charge is -2.25. The Morgan fingerprint density at radius 2 is 2.11 bits per heavy atom. The molecule has 3 aromatic rings. The normalized spacial score (nSPS) is 15.8. The molecule has 0 amide bonds. The lowest BCUT2D eigenvalue weighted by atomic mass is 10.1. The maximum absolute atomic E-state index is 12.2. The van der Waals surface area contributed by atoms with E-state index >= 15 is 0 Å². The van der Waals surface area contributed by atoms with E-state index in [0.717, 1.165) is 15.4 Å². The van der Waals surface area contributed by atoms with E-state index in [1.54, 1.807) is 18.6 Å². The van der Waals surface area contributed by atoms with Crippen LogP contribution < -0.4 is 4.31 Å². The summed E-state index contributed by atoms with van der Waals surface area (Å²) in [6.45, 7) is 0.319. The number of oxime groups is 1. The molecule has 1 aliphatic rings. The Balaban J connectivity index is 1.78. The molecule has 0 N–H and O–H groups in total. The molecule has 0 radical (unpaired) electrons. The lowest BCUT2D eigenvalue weighted by molar-refractivity contribution is 0.212. The molecule has 0 unspecified atom stereocenters. The summed E-state index contributed by atoms with van der Waals surface area (Å²) in [5.74, 6) is 0. The van der Waals surface area contributed by atoms with Crippen molar-refractivity contribution in [2.75, 3.05) is 24.2 Å². The van der Waals surface area contributed by atoms with Gasteiger partial charge in [0.1, 0.15) is 33.5 Å². The van der Waals surface area contributed by atoms with Crippen molar-refractivity contribution in [3.05, 3.63) is 36.4 Å². The summed E-state index contributed by atoms with van der Waals surface area (Å²) in [6.07, 6.45) is 6.85. The minimum atomic E-state index is -3.40. The average Bonchev–Trinajstić information content (AvgIpc) is 3.29.